The number of ether oxygens (including phenoxy) is 1. The lowest BCUT2D eigenvalue weighted by atomic mass is 10.2. The summed E-state index contributed by atoms with van der Waals surface area (Å²) in [6.07, 6.45) is -3.79. The van der Waals surface area contributed by atoms with Crippen molar-refractivity contribution in [1.82, 2.24) is 5.43 Å². The first-order chi connectivity index (χ1) is 13.7. The lowest BCUT2D eigenvalue weighted by Crippen LogP contribution is -2.20. The molecule has 10 heteroatoms. The third-order valence-electron chi connectivity index (χ3n) is 3.70. The molecule has 2 rings (SSSR count). The highest BCUT2D eigenvalue weighted by Gasteiger charge is 2.30. The van der Waals surface area contributed by atoms with E-state index in [1.807, 2.05) is 0 Å². The first kappa shape index (κ1) is 21.7. The zero-order valence-electron chi connectivity index (χ0n) is 15.3. The Morgan fingerprint density at radius 3 is 2.52 bits per heavy atom. The van der Waals surface area contributed by atoms with E-state index in [1.165, 1.54) is 25.5 Å². The van der Waals surface area contributed by atoms with Crippen molar-refractivity contribution in [3.63, 3.8) is 0 Å². The average molecular weight is 409 g/mol. The molecule has 0 aromatic heterocycles. The first-order valence-corrected chi connectivity index (χ1v) is 8.35. The number of methoxy groups -OCH3 is 1. The maximum Gasteiger partial charge on any atom is 0.416 e. The molecule has 0 atom stereocenters. The molecule has 0 aliphatic rings. The van der Waals surface area contributed by atoms with Gasteiger partial charge in [-0.25, -0.2) is 5.43 Å². The molecule has 2 aromatic carbocycles. The summed E-state index contributed by atoms with van der Waals surface area (Å²) >= 11 is 0. The third kappa shape index (κ3) is 6.52. The molecule has 0 spiro atoms. The van der Waals surface area contributed by atoms with Gasteiger partial charge >= 0.3 is 6.18 Å². The van der Waals surface area contributed by atoms with Crippen molar-refractivity contribution in [2.24, 2.45) is 5.10 Å². The fraction of sp³-hybridized carbons (Fsp3) is 0.211. The lowest BCUT2D eigenvalue weighted by molar-refractivity contribution is -0.137. The summed E-state index contributed by atoms with van der Waals surface area (Å²) in [5.74, 6) is -1.10. The normalized spacial score (nSPS) is 11.3. The molecule has 0 aliphatic heterocycles. The van der Waals surface area contributed by atoms with E-state index in [4.69, 9.17) is 4.74 Å². The second-order valence-corrected chi connectivity index (χ2v) is 5.82. The van der Waals surface area contributed by atoms with E-state index in [9.17, 15) is 27.9 Å². The number of hydrogen-bond acceptors (Lipinski definition) is 5. The summed E-state index contributed by atoms with van der Waals surface area (Å²) in [6, 6.07) is 8.92. The van der Waals surface area contributed by atoms with Crippen molar-refractivity contribution in [3.8, 4) is 11.5 Å². The summed E-state index contributed by atoms with van der Waals surface area (Å²) in [5, 5.41) is 15.9. The first-order valence-electron chi connectivity index (χ1n) is 8.35. The van der Waals surface area contributed by atoms with Crippen molar-refractivity contribution in [3.05, 3.63) is 53.6 Å². The number of anilines is 1. The zero-order valence-corrected chi connectivity index (χ0v) is 15.3. The Morgan fingerprint density at radius 2 is 1.83 bits per heavy atom. The molecule has 0 radical (unpaired) electrons. The van der Waals surface area contributed by atoms with Crippen LogP contribution in [0, 0.1) is 0 Å². The van der Waals surface area contributed by atoms with Crippen molar-refractivity contribution in [1.29, 1.82) is 0 Å². The SMILES string of the molecule is COc1cccc(/C=N/NC(=O)CCC(=O)Nc2cccc(C(F)(F)F)c2)c1O. The van der Waals surface area contributed by atoms with Gasteiger partial charge in [-0.2, -0.15) is 18.3 Å². The van der Waals surface area contributed by atoms with E-state index in [0.29, 0.717) is 5.56 Å². The minimum atomic E-state index is -4.52. The Hall–Kier alpha value is -3.56. The van der Waals surface area contributed by atoms with Gasteiger partial charge in [0.15, 0.2) is 11.5 Å². The maximum atomic E-state index is 12.7. The topological polar surface area (TPSA) is 100 Å². The summed E-state index contributed by atoms with van der Waals surface area (Å²) in [7, 11) is 1.39. The number of amides is 2. The fourth-order valence-electron chi connectivity index (χ4n) is 2.26. The van der Waals surface area contributed by atoms with E-state index in [2.05, 4.69) is 15.8 Å². The molecule has 3 N–H and O–H groups in total. The molecule has 29 heavy (non-hydrogen) atoms. The molecule has 2 amide bonds. The number of nitrogens with one attached hydrogen (secondary N) is 2. The molecular formula is C19H18F3N3O4. The van der Waals surface area contributed by atoms with E-state index in [1.54, 1.807) is 18.2 Å². The van der Waals surface area contributed by atoms with Gasteiger partial charge in [-0.3, -0.25) is 9.59 Å². The Balaban J connectivity index is 1.83. The second-order valence-electron chi connectivity index (χ2n) is 5.82. The van der Waals surface area contributed by atoms with Crippen LogP contribution in [-0.2, 0) is 15.8 Å². The zero-order chi connectivity index (χ0) is 21.4. The molecule has 0 bridgehead atoms. The third-order valence-corrected chi connectivity index (χ3v) is 3.70. The van der Waals surface area contributed by atoms with Crippen LogP contribution in [0.3, 0.4) is 0 Å². The van der Waals surface area contributed by atoms with Crippen molar-refractivity contribution >= 4 is 23.7 Å². The molecule has 154 valence electrons. The van der Waals surface area contributed by atoms with Gasteiger partial charge in [0.2, 0.25) is 11.8 Å². The molecular weight excluding hydrogens is 391 g/mol. The number of para-hydroxylation sites is 1. The number of benzene rings is 2. The van der Waals surface area contributed by atoms with Crippen LogP contribution in [0.1, 0.15) is 24.0 Å². The number of carbonyl (C=O) groups is 2. The summed E-state index contributed by atoms with van der Waals surface area (Å²) in [6.45, 7) is 0. The highest BCUT2D eigenvalue weighted by atomic mass is 19.4. The number of hydrazone groups is 1. The molecule has 0 aliphatic carbocycles. The van der Waals surface area contributed by atoms with Crippen molar-refractivity contribution in [2.75, 3.05) is 12.4 Å². The van der Waals surface area contributed by atoms with Gasteiger partial charge in [-0.05, 0) is 30.3 Å². The van der Waals surface area contributed by atoms with Crippen LogP contribution in [-0.4, -0.2) is 30.2 Å². The van der Waals surface area contributed by atoms with Crippen LogP contribution < -0.4 is 15.5 Å². The van der Waals surface area contributed by atoms with Crippen molar-refractivity contribution < 1.29 is 32.6 Å². The van der Waals surface area contributed by atoms with Gasteiger partial charge in [0.1, 0.15) is 0 Å². The standard InChI is InChI=1S/C19H18F3N3O4/c1-29-15-7-2-4-12(18(15)28)11-23-25-17(27)9-8-16(26)24-14-6-3-5-13(10-14)19(20,21)22/h2-7,10-11,28H,8-9H2,1H3,(H,24,26)(H,25,27)/b23-11+. The number of rotatable bonds is 7. The Bertz CT molecular complexity index is 914. The molecule has 0 fully saturated rings. The molecule has 0 unspecified atom stereocenters. The predicted octanol–water partition coefficient (Wildman–Crippen LogP) is 3.29. The Labute approximate surface area is 164 Å². The van der Waals surface area contributed by atoms with Crippen LogP contribution in [0.2, 0.25) is 0 Å². The lowest BCUT2D eigenvalue weighted by Gasteiger charge is -2.09. The number of halogens is 3. The number of carbonyl (C=O) groups excluding carboxylic acids is 2. The quantitative estimate of drug-likeness (QED) is 0.483. The highest BCUT2D eigenvalue weighted by molar-refractivity contribution is 5.93. The maximum absolute atomic E-state index is 12.7. The average Bonchev–Trinajstić information content (AvgIpc) is 2.67. The Morgan fingerprint density at radius 1 is 1.14 bits per heavy atom. The van der Waals surface area contributed by atoms with E-state index in [0.717, 1.165) is 12.1 Å². The van der Waals surface area contributed by atoms with E-state index >= 15 is 0 Å². The van der Waals surface area contributed by atoms with Gasteiger partial charge in [-0.1, -0.05) is 12.1 Å². The minimum Gasteiger partial charge on any atom is -0.504 e. The van der Waals surface area contributed by atoms with Crippen molar-refractivity contribution in [2.45, 2.75) is 19.0 Å². The van der Waals surface area contributed by atoms with Crippen LogP contribution >= 0.6 is 0 Å². The van der Waals surface area contributed by atoms with E-state index in [-0.39, 0.29) is 30.0 Å². The minimum absolute atomic E-state index is 0.0169. The number of aromatic hydroxyl groups is 1. The largest absolute Gasteiger partial charge is 0.504 e. The van der Waals surface area contributed by atoms with Gasteiger partial charge in [0.05, 0.1) is 18.9 Å². The smallest absolute Gasteiger partial charge is 0.416 e. The van der Waals surface area contributed by atoms with Gasteiger partial charge in [-0.15, -0.1) is 0 Å². The van der Waals surface area contributed by atoms with Gasteiger partial charge in [0.25, 0.3) is 0 Å². The number of hydrogen-bond donors (Lipinski definition) is 3. The number of nitrogens with zero attached hydrogens (tertiary/aromatic N) is 1. The van der Waals surface area contributed by atoms with Crippen LogP contribution in [0.25, 0.3) is 0 Å². The summed E-state index contributed by atoms with van der Waals surface area (Å²) < 4.78 is 42.9. The van der Waals surface area contributed by atoms with Gasteiger partial charge < -0.3 is 15.2 Å². The number of phenols is 1. The summed E-state index contributed by atoms with van der Waals surface area (Å²) in [4.78, 5) is 23.6. The molecule has 0 heterocycles. The molecule has 7 nitrogen and oxygen atoms in total. The molecule has 0 saturated heterocycles. The van der Waals surface area contributed by atoms with Crippen LogP contribution in [0.5, 0.6) is 11.5 Å². The van der Waals surface area contributed by atoms with Crippen LogP contribution in [0.15, 0.2) is 47.6 Å². The van der Waals surface area contributed by atoms with Gasteiger partial charge in [0, 0.05) is 24.1 Å². The number of alkyl halides is 3. The number of phenolic OH excluding ortho intramolecular Hbond substituents is 1. The van der Waals surface area contributed by atoms with E-state index < -0.39 is 23.6 Å². The van der Waals surface area contributed by atoms with Crippen LogP contribution in [0.4, 0.5) is 18.9 Å². The highest BCUT2D eigenvalue weighted by Crippen LogP contribution is 2.30. The Kier molecular flexibility index (Phi) is 7.18. The monoisotopic (exact) mass is 409 g/mol. The molecule has 2 aromatic rings. The predicted molar refractivity (Wildman–Crippen MR) is 99.7 cm³/mol. The molecule has 0 saturated carbocycles. The fourth-order valence-corrected chi connectivity index (χ4v) is 2.26. The second kappa shape index (κ2) is 9.58. The summed E-state index contributed by atoms with van der Waals surface area (Å²) in [5.41, 5.74) is 1.60.